The van der Waals surface area contributed by atoms with E-state index in [1.54, 1.807) is 67.6 Å². The van der Waals surface area contributed by atoms with Gasteiger partial charge in [-0.2, -0.15) is 0 Å². The Balaban J connectivity index is 1.62. The Labute approximate surface area is 253 Å². The number of ether oxygens (including phenoxy) is 3. The van der Waals surface area contributed by atoms with Crippen LogP contribution >= 0.6 is 11.3 Å². The van der Waals surface area contributed by atoms with E-state index in [9.17, 15) is 19.5 Å². The van der Waals surface area contributed by atoms with Crippen LogP contribution < -0.4 is 14.4 Å². The number of aliphatic hydroxyl groups excluding tert-OH is 1. The number of carbonyl (C=O) groups excluding carboxylic acids is 3. The van der Waals surface area contributed by atoms with E-state index >= 15 is 0 Å². The van der Waals surface area contributed by atoms with Gasteiger partial charge in [0.1, 0.15) is 27.9 Å². The van der Waals surface area contributed by atoms with Crippen molar-refractivity contribution in [1.29, 1.82) is 0 Å². The molecule has 10 heteroatoms. The van der Waals surface area contributed by atoms with Crippen molar-refractivity contribution < 1.29 is 33.7 Å². The van der Waals surface area contributed by atoms with Gasteiger partial charge in [0.15, 0.2) is 5.13 Å². The number of Topliss-reactive ketones (excluding diaryl/α,β-unsaturated/α-hetero) is 1. The summed E-state index contributed by atoms with van der Waals surface area (Å²) in [5, 5.41) is 11.6. The molecular weight excluding hydrogens is 568 g/mol. The number of ketones is 1. The number of amides is 1. The second-order valence-corrected chi connectivity index (χ2v) is 11.3. The Hall–Kier alpha value is -4.96. The fourth-order valence-corrected chi connectivity index (χ4v) is 5.62. The van der Waals surface area contributed by atoms with Gasteiger partial charge in [-0.1, -0.05) is 55.5 Å². The molecule has 5 rings (SSSR count). The number of aliphatic hydroxyl groups is 1. The van der Waals surface area contributed by atoms with Crippen molar-refractivity contribution in [3.8, 4) is 17.2 Å². The minimum absolute atomic E-state index is 0.120. The van der Waals surface area contributed by atoms with E-state index in [-0.39, 0.29) is 21.3 Å². The van der Waals surface area contributed by atoms with Crippen LogP contribution in [0.25, 0.3) is 5.76 Å². The number of aromatic nitrogens is 1. The van der Waals surface area contributed by atoms with Crippen molar-refractivity contribution in [2.45, 2.75) is 26.8 Å². The summed E-state index contributed by atoms with van der Waals surface area (Å²) < 4.78 is 16.6. The van der Waals surface area contributed by atoms with Gasteiger partial charge < -0.3 is 19.3 Å². The molecule has 1 aliphatic rings. The van der Waals surface area contributed by atoms with E-state index in [2.05, 4.69) is 4.98 Å². The fourth-order valence-electron chi connectivity index (χ4n) is 4.61. The molecule has 0 radical (unpaired) electrons. The van der Waals surface area contributed by atoms with Crippen LogP contribution in [0.1, 0.15) is 46.4 Å². The van der Waals surface area contributed by atoms with Crippen molar-refractivity contribution >= 4 is 39.9 Å². The quantitative estimate of drug-likeness (QED) is 0.0981. The highest BCUT2D eigenvalue weighted by Crippen LogP contribution is 2.44. The topological polar surface area (TPSA) is 115 Å². The normalized spacial score (nSPS) is 16.0. The zero-order valence-electron chi connectivity index (χ0n) is 24.1. The third-order valence-corrected chi connectivity index (χ3v) is 7.81. The van der Waals surface area contributed by atoms with Crippen molar-refractivity contribution in [3.63, 3.8) is 0 Å². The van der Waals surface area contributed by atoms with Crippen LogP contribution in [0.15, 0.2) is 84.4 Å². The average Bonchev–Trinajstić information content (AvgIpc) is 3.52. The predicted molar refractivity (Wildman–Crippen MR) is 163 cm³/mol. The molecule has 43 heavy (non-hydrogen) atoms. The average molecular weight is 599 g/mol. The molecule has 0 saturated carbocycles. The number of carbonyl (C=O) groups is 3. The third-order valence-electron chi connectivity index (χ3n) is 6.67. The zero-order valence-corrected chi connectivity index (χ0v) is 24.9. The number of thiazole rings is 1. The number of hydrogen-bond acceptors (Lipinski definition) is 9. The molecule has 4 aromatic rings. The number of rotatable bonds is 9. The van der Waals surface area contributed by atoms with Gasteiger partial charge in [0, 0.05) is 5.56 Å². The number of aryl methyl sites for hydroxylation is 1. The molecule has 1 aliphatic heterocycles. The molecule has 3 aromatic carbocycles. The highest BCUT2D eigenvalue weighted by molar-refractivity contribution is 7.17. The summed E-state index contributed by atoms with van der Waals surface area (Å²) in [6, 6.07) is 21.7. The van der Waals surface area contributed by atoms with Crippen LogP contribution in [-0.4, -0.2) is 41.5 Å². The SMILES string of the molecule is COC(=O)c1sc(N2C(=O)C(=O)/C(=C(/O)c3ccc(OCC(C)C)cc3)C2c2cccc(Oc3ccccc3)c2)nc1C. The first kappa shape index (κ1) is 29.5. The molecule has 1 amide bonds. The van der Waals surface area contributed by atoms with Crippen LogP contribution in [0.4, 0.5) is 5.13 Å². The maximum Gasteiger partial charge on any atom is 0.350 e. The molecular formula is C33H30N2O7S. The van der Waals surface area contributed by atoms with E-state index < -0.39 is 23.7 Å². The van der Waals surface area contributed by atoms with Crippen LogP contribution in [0, 0.1) is 12.8 Å². The number of benzene rings is 3. The standard InChI is InChI=1S/C33H30N2O7S/c1-19(2)18-41-23-15-13-21(14-16-23)28(36)26-27(22-9-8-12-25(17-22)42-24-10-6-5-7-11-24)35(31(38)29(26)37)33-34-20(3)30(43-33)32(39)40-4/h5-17,19,27,36H,18H2,1-4H3/b28-26+. The lowest BCUT2D eigenvalue weighted by Gasteiger charge is -2.23. The lowest BCUT2D eigenvalue weighted by Crippen LogP contribution is -2.29. The van der Waals surface area contributed by atoms with E-state index in [1.165, 1.54) is 12.0 Å². The smallest absolute Gasteiger partial charge is 0.350 e. The number of esters is 1. The van der Waals surface area contributed by atoms with Gasteiger partial charge >= 0.3 is 11.9 Å². The highest BCUT2D eigenvalue weighted by Gasteiger charge is 2.48. The summed E-state index contributed by atoms with van der Waals surface area (Å²) in [6.45, 7) is 6.22. The van der Waals surface area contributed by atoms with Crippen LogP contribution in [0.5, 0.6) is 17.2 Å². The molecule has 1 N–H and O–H groups in total. The molecule has 1 atom stereocenters. The minimum atomic E-state index is -1.06. The zero-order chi connectivity index (χ0) is 30.7. The lowest BCUT2D eigenvalue weighted by atomic mass is 9.95. The van der Waals surface area contributed by atoms with Crippen LogP contribution in [-0.2, 0) is 14.3 Å². The Bertz CT molecular complexity index is 1690. The summed E-state index contributed by atoms with van der Waals surface area (Å²) in [7, 11) is 1.25. The van der Waals surface area contributed by atoms with E-state index in [0.29, 0.717) is 46.6 Å². The first-order valence-electron chi connectivity index (χ1n) is 13.6. The van der Waals surface area contributed by atoms with Gasteiger partial charge in [0.2, 0.25) is 0 Å². The van der Waals surface area contributed by atoms with Crippen molar-refractivity contribution in [2.24, 2.45) is 5.92 Å². The van der Waals surface area contributed by atoms with Gasteiger partial charge in [-0.05, 0) is 66.9 Å². The number of methoxy groups -OCH3 is 1. The molecule has 1 saturated heterocycles. The van der Waals surface area contributed by atoms with E-state index in [0.717, 1.165) is 11.3 Å². The van der Waals surface area contributed by atoms with Gasteiger partial charge in [0.05, 0.1) is 31.0 Å². The first-order valence-corrected chi connectivity index (χ1v) is 14.4. The summed E-state index contributed by atoms with van der Waals surface area (Å²) in [4.78, 5) is 45.4. The molecule has 9 nitrogen and oxygen atoms in total. The molecule has 220 valence electrons. The maximum absolute atomic E-state index is 13.6. The van der Waals surface area contributed by atoms with Crippen molar-refractivity contribution in [1.82, 2.24) is 4.98 Å². The number of hydrogen-bond donors (Lipinski definition) is 1. The number of anilines is 1. The monoisotopic (exact) mass is 598 g/mol. The predicted octanol–water partition coefficient (Wildman–Crippen LogP) is 6.69. The second kappa shape index (κ2) is 12.5. The van der Waals surface area contributed by atoms with Crippen LogP contribution in [0.3, 0.4) is 0 Å². The van der Waals surface area contributed by atoms with Gasteiger partial charge in [0.25, 0.3) is 5.78 Å². The number of para-hydroxylation sites is 1. The second-order valence-electron chi connectivity index (χ2n) is 10.3. The van der Waals surface area contributed by atoms with Crippen molar-refractivity contribution in [3.05, 3.63) is 106 Å². The van der Waals surface area contributed by atoms with E-state index in [1.807, 2.05) is 32.0 Å². The Kier molecular flexibility index (Phi) is 8.58. The molecule has 1 fully saturated rings. The Morgan fingerprint density at radius 2 is 1.67 bits per heavy atom. The van der Waals surface area contributed by atoms with Crippen molar-refractivity contribution in [2.75, 3.05) is 18.6 Å². The maximum atomic E-state index is 13.6. The Morgan fingerprint density at radius 1 is 0.977 bits per heavy atom. The molecule has 0 bridgehead atoms. The lowest BCUT2D eigenvalue weighted by molar-refractivity contribution is -0.132. The molecule has 2 heterocycles. The highest BCUT2D eigenvalue weighted by atomic mass is 32.1. The summed E-state index contributed by atoms with van der Waals surface area (Å²) in [5.41, 5.74) is 1.07. The molecule has 1 unspecified atom stereocenters. The van der Waals surface area contributed by atoms with Gasteiger partial charge in [-0.3, -0.25) is 14.5 Å². The first-order chi connectivity index (χ1) is 20.7. The number of nitrogens with zero attached hydrogens (tertiary/aromatic N) is 2. The third kappa shape index (κ3) is 6.14. The molecule has 0 spiro atoms. The van der Waals surface area contributed by atoms with Crippen LogP contribution in [0.2, 0.25) is 0 Å². The summed E-state index contributed by atoms with van der Waals surface area (Å²) in [6.07, 6.45) is 0. The molecule has 1 aromatic heterocycles. The van der Waals surface area contributed by atoms with Gasteiger partial charge in [-0.25, -0.2) is 9.78 Å². The largest absolute Gasteiger partial charge is 0.507 e. The fraction of sp³-hybridized carbons (Fsp3) is 0.212. The van der Waals surface area contributed by atoms with E-state index in [4.69, 9.17) is 14.2 Å². The summed E-state index contributed by atoms with van der Waals surface area (Å²) in [5.74, 6) is -0.711. The minimum Gasteiger partial charge on any atom is -0.507 e. The van der Waals surface area contributed by atoms with Gasteiger partial charge in [-0.15, -0.1) is 0 Å². The molecule has 0 aliphatic carbocycles. The summed E-state index contributed by atoms with van der Waals surface area (Å²) >= 11 is 0.935. The Morgan fingerprint density at radius 3 is 2.35 bits per heavy atom.